The van der Waals surface area contributed by atoms with Gasteiger partial charge in [0, 0.05) is 6.42 Å². The third-order valence-electron chi connectivity index (χ3n) is 1.29. The summed E-state index contributed by atoms with van der Waals surface area (Å²) in [4.78, 5) is 0. The molecule has 0 N–H and O–H groups in total. The second-order valence-corrected chi connectivity index (χ2v) is 2.25. The van der Waals surface area contributed by atoms with Crippen LogP contribution in [0.4, 0.5) is 8.78 Å². The molecule has 0 aromatic heterocycles. The highest BCUT2D eigenvalue weighted by molar-refractivity contribution is 5.30. The van der Waals surface area contributed by atoms with Gasteiger partial charge >= 0.3 is 0 Å². The lowest BCUT2D eigenvalue weighted by molar-refractivity contribution is 0.541. The van der Waals surface area contributed by atoms with E-state index in [4.69, 9.17) is 0 Å². The van der Waals surface area contributed by atoms with Gasteiger partial charge < -0.3 is 0 Å². The molecule has 0 bridgehead atoms. The minimum Gasteiger partial charge on any atom is -0.208 e. The largest absolute Gasteiger partial charge is 0.208 e. The third kappa shape index (κ3) is 1.53. The molecule has 0 nitrogen and oxygen atoms in total. The molecule has 0 fully saturated rings. The van der Waals surface area contributed by atoms with E-state index in [9.17, 15) is 8.78 Å². The van der Waals surface area contributed by atoms with Gasteiger partial charge in [-0.2, -0.15) is 0 Å². The molecule has 0 aliphatic heterocycles. The first-order valence-corrected chi connectivity index (χ1v) is 3.09. The quantitative estimate of drug-likeness (QED) is 0.487. The van der Waals surface area contributed by atoms with E-state index in [1.54, 1.807) is 19.1 Å². The molecule has 2 heteroatoms. The molecule has 0 aromatic carbocycles. The molecule has 0 spiro atoms. The van der Waals surface area contributed by atoms with Crippen LogP contribution in [0.25, 0.3) is 0 Å². The highest BCUT2D eigenvalue weighted by atomic mass is 19.2. The minimum atomic E-state index is -0.748. The van der Waals surface area contributed by atoms with Crippen molar-refractivity contribution in [2.24, 2.45) is 0 Å². The average molecular weight is 142 g/mol. The first-order valence-electron chi connectivity index (χ1n) is 3.09. The van der Waals surface area contributed by atoms with E-state index in [0.29, 0.717) is 0 Å². The molecular weight excluding hydrogens is 134 g/mol. The van der Waals surface area contributed by atoms with Crippen LogP contribution in [0.1, 0.15) is 13.3 Å². The maximum Gasteiger partial charge on any atom is 0.155 e. The lowest BCUT2D eigenvalue weighted by atomic mass is 10.3. The van der Waals surface area contributed by atoms with E-state index < -0.39 is 11.7 Å². The van der Waals surface area contributed by atoms with Crippen molar-refractivity contribution in [1.29, 1.82) is 0 Å². The summed E-state index contributed by atoms with van der Waals surface area (Å²) >= 11 is 0. The van der Waals surface area contributed by atoms with Crippen molar-refractivity contribution in [2.75, 3.05) is 0 Å². The summed E-state index contributed by atoms with van der Waals surface area (Å²) in [5.41, 5.74) is 0.741. The Morgan fingerprint density at radius 3 is 2.80 bits per heavy atom. The summed E-state index contributed by atoms with van der Waals surface area (Å²) < 4.78 is 24.9. The highest BCUT2D eigenvalue weighted by Gasteiger charge is 2.03. The van der Waals surface area contributed by atoms with Crippen LogP contribution in [0.5, 0.6) is 0 Å². The summed E-state index contributed by atoms with van der Waals surface area (Å²) in [7, 11) is 0. The van der Waals surface area contributed by atoms with Gasteiger partial charge in [-0.25, -0.2) is 8.78 Å². The fourth-order valence-electron chi connectivity index (χ4n) is 0.772. The number of hydrogen-bond donors (Lipinski definition) is 0. The van der Waals surface area contributed by atoms with Crippen molar-refractivity contribution < 1.29 is 8.78 Å². The molecule has 0 saturated carbocycles. The molecule has 1 aliphatic rings. The normalized spacial score (nSPS) is 18.9. The second kappa shape index (κ2) is 2.78. The van der Waals surface area contributed by atoms with Crippen LogP contribution in [-0.4, -0.2) is 0 Å². The lowest BCUT2D eigenvalue weighted by Crippen LogP contribution is -1.73. The van der Waals surface area contributed by atoms with Gasteiger partial charge in [0.1, 0.15) is 5.83 Å². The van der Waals surface area contributed by atoms with Gasteiger partial charge in [0.15, 0.2) is 5.83 Å². The summed E-state index contributed by atoms with van der Waals surface area (Å²) in [6.07, 6.45) is 4.57. The van der Waals surface area contributed by atoms with Gasteiger partial charge in [-0.05, 0) is 18.6 Å². The standard InChI is InChI=1S/C8H8F2/c1-6-3-2-4-7(9)8(10)5-6/h2-3,5H,4H2,1H3. The number of hydrogen-bond acceptors (Lipinski definition) is 0. The van der Waals surface area contributed by atoms with E-state index in [0.717, 1.165) is 5.57 Å². The van der Waals surface area contributed by atoms with Crippen molar-refractivity contribution in [3.05, 3.63) is 35.5 Å². The molecular formula is C8H8F2. The van der Waals surface area contributed by atoms with Crippen molar-refractivity contribution in [3.8, 4) is 0 Å². The van der Waals surface area contributed by atoms with Gasteiger partial charge in [0.25, 0.3) is 0 Å². The van der Waals surface area contributed by atoms with Crippen molar-refractivity contribution in [3.63, 3.8) is 0 Å². The van der Waals surface area contributed by atoms with Crippen LogP contribution in [0, 0.1) is 0 Å². The first kappa shape index (κ1) is 7.19. The maximum atomic E-state index is 12.5. The molecule has 10 heavy (non-hydrogen) atoms. The Bertz CT molecular complexity index is 221. The molecule has 54 valence electrons. The van der Waals surface area contributed by atoms with Crippen LogP contribution >= 0.6 is 0 Å². The third-order valence-corrected chi connectivity index (χ3v) is 1.29. The van der Waals surface area contributed by atoms with Crippen molar-refractivity contribution >= 4 is 0 Å². The molecule has 1 rings (SSSR count). The van der Waals surface area contributed by atoms with Crippen molar-refractivity contribution in [2.45, 2.75) is 13.3 Å². The van der Waals surface area contributed by atoms with Crippen LogP contribution in [-0.2, 0) is 0 Å². The molecule has 1 aliphatic carbocycles. The van der Waals surface area contributed by atoms with Crippen LogP contribution in [0.15, 0.2) is 35.5 Å². The Hall–Kier alpha value is -0.920. The highest BCUT2D eigenvalue weighted by Crippen LogP contribution is 2.19. The molecule has 0 atom stereocenters. The molecule has 0 amide bonds. The van der Waals surface area contributed by atoms with Gasteiger partial charge in [0.05, 0.1) is 0 Å². The summed E-state index contributed by atoms with van der Waals surface area (Å²) in [5, 5.41) is 0. The Kier molecular flexibility index (Phi) is 2.00. The SMILES string of the molecule is CC1=CC(F)=C(F)CC=C1. The van der Waals surface area contributed by atoms with Gasteiger partial charge in [-0.1, -0.05) is 12.2 Å². The fraction of sp³-hybridized carbons (Fsp3) is 0.250. The zero-order valence-electron chi connectivity index (χ0n) is 5.70. The fourth-order valence-corrected chi connectivity index (χ4v) is 0.772. The molecule has 0 unspecified atom stereocenters. The average Bonchev–Trinajstić information content (AvgIpc) is 1.96. The summed E-state index contributed by atoms with van der Waals surface area (Å²) in [5.74, 6) is -1.43. The summed E-state index contributed by atoms with van der Waals surface area (Å²) in [6, 6.07) is 0. The monoisotopic (exact) mass is 142 g/mol. The van der Waals surface area contributed by atoms with Crippen LogP contribution in [0.3, 0.4) is 0 Å². The zero-order chi connectivity index (χ0) is 7.56. The molecule has 0 heterocycles. The van der Waals surface area contributed by atoms with Crippen LogP contribution in [0.2, 0.25) is 0 Å². The first-order chi connectivity index (χ1) is 4.70. The van der Waals surface area contributed by atoms with E-state index in [-0.39, 0.29) is 6.42 Å². The summed E-state index contributed by atoms with van der Waals surface area (Å²) in [6.45, 7) is 1.73. The van der Waals surface area contributed by atoms with Gasteiger partial charge in [0.2, 0.25) is 0 Å². The van der Waals surface area contributed by atoms with Gasteiger partial charge in [-0.15, -0.1) is 0 Å². The van der Waals surface area contributed by atoms with E-state index in [1.165, 1.54) is 6.08 Å². The smallest absolute Gasteiger partial charge is 0.155 e. The predicted molar refractivity (Wildman–Crippen MR) is 36.8 cm³/mol. The minimum absolute atomic E-state index is 0.0691. The van der Waals surface area contributed by atoms with Crippen molar-refractivity contribution in [1.82, 2.24) is 0 Å². The van der Waals surface area contributed by atoms with E-state index >= 15 is 0 Å². The molecule has 0 radical (unpaired) electrons. The lowest BCUT2D eigenvalue weighted by Gasteiger charge is -1.88. The number of halogens is 2. The predicted octanol–water partition coefficient (Wildman–Crippen LogP) is 3.04. The number of allylic oxidation sites excluding steroid dienone is 6. The maximum absolute atomic E-state index is 12.5. The Labute approximate surface area is 58.6 Å². The zero-order valence-corrected chi connectivity index (χ0v) is 5.70. The van der Waals surface area contributed by atoms with E-state index in [1.807, 2.05) is 0 Å². The topological polar surface area (TPSA) is 0 Å². The number of rotatable bonds is 0. The van der Waals surface area contributed by atoms with E-state index in [2.05, 4.69) is 0 Å². The van der Waals surface area contributed by atoms with Crippen LogP contribution < -0.4 is 0 Å². The Balaban J connectivity index is 2.96. The molecule has 0 saturated heterocycles. The Morgan fingerprint density at radius 2 is 2.10 bits per heavy atom. The molecule has 0 aromatic rings. The Morgan fingerprint density at radius 1 is 1.40 bits per heavy atom. The van der Waals surface area contributed by atoms with Gasteiger partial charge in [-0.3, -0.25) is 0 Å². The second-order valence-electron chi connectivity index (χ2n) is 2.25.